The highest BCUT2D eigenvalue weighted by atomic mass is 15.0. The van der Waals surface area contributed by atoms with E-state index in [4.69, 9.17) is 0 Å². The molecule has 0 atom stereocenters. The quantitative estimate of drug-likeness (QED) is 0.184. The molecule has 8 aromatic carbocycles. The van der Waals surface area contributed by atoms with E-state index >= 15 is 0 Å². The highest BCUT2D eigenvalue weighted by Gasteiger charge is 2.18. The summed E-state index contributed by atoms with van der Waals surface area (Å²) in [5, 5.41) is 26.9. The number of rotatable bonds is 4. The maximum absolute atomic E-state index is 10.3. The SMILES string of the molecule is N#Cc1cc(-c2cccc(-n3c4ccccc4c4cc(-n5c6ccccc6c6ccccc65)ccc43)c2)cc(-n2c3ccccc3c3cc(C#N)ccc32)c1. The molecular formula is C50H29N5. The van der Waals surface area contributed by atoms with Crippen molar-refractivity contribution < 1.29 is 0 Å². The average Bonchev–Trinajstić information content (AvgIpc) is 3.89. The van der Waals surface area contributed by atoms with Gasteiger partial charge in [0.2, 0.25) is 0 Å². The minimum absolute atomic E-state index is 0.576. The second-order valence-corrected chi connectivity index (χ2v) is 14.1. The molecule has 3 heterocycles. The largest absolute Gasteiger partial charge is 0.309 e. The lowest BCUT2D eigenvalue weighted by molar-refractivity contribution is 1.16. The summed E-state index contributed by atoms with van der Waals surface area (Å²) in [6.07, 6.45) is 0. The van der Waals surface area contributed by atoms with Gasteiger partial charge in [-0.3, -0.25) is 0 Å². The molecule has 55 heavy (non-hydrogen) atoms. The van der Waals surface area contributed by atoms with E-state index in [-0.39, 0.29) is 0 Å². The number of fused-ring (bicyclic) bond motifs is 9. The molecule has 11 aromatic rings. The summed E-state index contributed by atoms with van der Waals surface area (Å²) >= 11 is 0. The molecule has 0 fully saturated rings. The maximum atomic E-state index is 10.3. The van der Waals surface area contributed by atoms with Crippen molar-refractivity contribution in [2.75, 3.05) is 0 Å². The highest BCUT2D eigenvalue weighted by molar-refractivity contribution is 6.13. The molecule has 0 saturated carbocycles. The van der Waals surface area contributed by atoms with Crippen molar-refractivity contribution in [1.82, 2.24) is 13.7 Å². The van der Waals surface area contributed by atoms with Gasteiger partial charge in [-0.1, -0.05) is 84.9 Å². The van der Waals surface area contributed by atoms with Crippen LogP contribution < -0.4 is 0 Å². The molecule has 254 valence electrons. The van der Waals surface area contributed by atoms with Crippen LogP contribution in [0.2, 0.25) is 0 Å². The van der Waals surface area contributed by atoms with Gasteiger partial charge in [-0.05, 0) is 102 Å². The van der Waals surface area contributed by atoms with Gasteiger partial charge in [-0.2, -0.15) is 10.5 Å². The van der Waals surface area contributed by atoms with E-state index in [1.807, 2.05) is 42.5 Å². The first kappa shape index (κ1) is 30.7. The monoisotopic (exact) mass is 699 g/mol. The van der Waals surface area contributed by atoms with Gasteiger partial charge in [-0.15, -0.1) is 0 Å². The van der Waals surface area contributed by atoms with Crippen LogP contribution in [-0.4, -0.2) is 13.7 Å². The molecule has 11 rings (SSSR count). The normalized spacial score (nSPS) is 11.6. The summed E-state index contributed by atoms with van der Waals surface area (Å²) in [6, 6.07) is 66.1. The first-order valence-corrected chi connectivity index (χ1v) is 18.3. The topological polar surface area (TPSA) is 62.4 Å². The molecule has 5 heteroatoms. The number of nitrogens with zero attached hydrogens (tertiary/aromatic N) is 5. The van der Waals surface area contributed by atoms with Crippen LogP contribution in [-0.2, 0) is 0 Å². The van der Waals surface area contributed by atoms with Crippen molar-refractivity contribution in [3.63, 3.8) is 0 Å². The van der Waals surface area contributed by atoms with Gasteiger partial charge in [0.25, 0.3) is 0 Å². The van der Waals surface area contributed by atoms with Crippen LogP contribution in [0.3, 0.4) is 0 Å². The van der Waals surface area contributed by atoms with E-state index < -0.39 is 0 Å². The number of hydrogen-bond acceptors (Lipinski definition) is 2. The second-order valence-electron chi connectivity index (χ2n) is 14.1. The fourth-order valence-corrected chi connectivity index (χ4v) is 8.70. The van der Waals surface area contributed by atoms with Gasteiger partial charge in [0.15, 0.2) is 0 Å². The fourth-order valence-electron chi connectivity index (χ4n) is 8.70. The van der Waals surface area contributed by atoms with E-state index in [0.29, 0.717) is 11.1 Å². The molecule has 0 spiro atoms. The Labute approximate surface area is 316 Å². The summed E-state index contributed by atoms with van der Waals surface area (Å²) in [5.74, 6) is 0. The number of hydrogen-bond donors (Lipinski definition) is 0. The van der Waals surface area contributed by atoms with E-state index in [2.05, 4.69) is 159 Å². The highest BCUT2D eigenvalue weighted by Crippen LogP contribution is 2.39. The van der Waals surface area contributed by atoms with Gasteiger partial charge in [0.1, 0.15) is 0 Å². The van der Waals surface area contributed by atoms with E-state index in [0.717, 1.165) is 61.0 Å². The number of aromatic nitrogens is 3. The average molecular weight is 700 g/mol. The van der Waals surface area contributed by atoms with Crippen molar-refractivity contribution in [2.24, 2.45) is 0 Å². The Morgan fingerprint density at radius 1 is 0.291 bits per heavy atom. The van der Waals surface area contributed by atoms with Gasteiger partial charge < -0.3 is 13.7 Å². The Kier molecular flexibility index (Phi) is 6.61. The molecule has 5 nitrogen and oxygen atoms in total. The first-order chi connectivity index (χ1) is 27.2. The zero-order valence-corrected chi connectivity index (χ0v) is 29.5. The lowest BCUT2D eigenvalue weighted by atomic mass is 10.0. The van der Waals surface area contributed by atoms with Crippen molar-refractivity contribution in [1.29, 1.82) is 10.5 Å². The van der Waals surface area contributed by atoms with Crippen LogP contribution in [0.1, 0.15) is 11.1 Å². The third-order valence-corrected chi connectivity index (χ3v) is 11.0. The summed E-state index contributed by atoms with van der Waals surface area (Å²) in [4.78, 5) is 0. The van der Waals surface area contributed by atoms with Crippen LogP contribution in [0.15, 0.2) is 176 Å². The number of para-hydroxylation sites is 4. The van der Waals surface area contributed by atoms with Gasteiger partial charge in [0.05, 0.1) is 56.4 Å². The Bertz CT molecular complexity index is 3420. The van der Waals surface area contributed by atoms with Crippen LogP contribution >= 0.6 is 0 Å². The number of nitriles is 2. The second kappa shape index (κ2) is 11.8. The molecule has 0 aliphatic rings. The molecule has 0 aliphatic heterocycles. The third kappa shape index (κ3) is 4.58. The Morgan fingerprint density at radius 2 is 0.745 bits per heavy atom. The van der Waals surface area contributed by atoms with E-state index in [9.17, 15) is 10.5 Å². The predicted octanol–water partition coefficient (Wildman–Crippen LogP) is 12.4. The molecule has 0 amide bonds. The summed E-state index contributed by atoms with van der Waals surface area (Å²) in [5.41, 5.74) is 12.8. The first-order valence-electron chi connectivity index (χ1n) is 18.3. The number of benzene rings is 8. The van der Waals surface area contributed by atoms with Gasteiger partial charge in [-0.25, -0.2) is 0 Å². The van der Waals surface area contributed by atoms with Crippen molar-refractivity contribution in [3.8, 4) is 40.3 Å². The minimum atomic E-state index is 0.576. The van der Waals surface area contributed by atoms with Crippen molar-refractivity contribution in [2.45, 2.75) is 0 Å². The predicted molar refractivity (Wildman–Crippen MR) is 224 cm³/mol. The van der Waals surface area contributed by atoms with Crippen LogP contribution in [0.25, 0.3) is 93.6 Å². The third-order valence-electron chi connectivity index (χ3n) is 11.0. The summed E-state index contributed by atoms with van der Waals surface area (Å²) in [7, 11) is 0. The van der Waals surface area contributed by atoms with Crippen LogP contribution in [0, 0.1) is 22.7 Å². The summed E-state index contributed by atoms with van der Waals surface area (Å²) < 4.78 is 6.91. The molecule has 0 saturated heterocycles. The fraction of sp³-hybridized carbons (Fsp3) is 0. The van der Waals surface area contributed by atoms with Crippen LogP contribution in [0.5, 0.6) is 0 Å². The lowest BCUT2D eigenvalue weighted by Crippen LogP contribution is -1.97. The van der Waals surface area contributed by atoms with E-state index in [1.54, 1.807) is 0 Å². The molecule has 3 aromatic heterocycles. The van der Waals surface area contributed by atoms with Crippen molar-refractivity contribution in [3.05, 3.63) is 187 Å². The Balaban J connectivity index is 1.09. The molecular weight excluding hydrogens is 671 g/mol. The Morgan fingerprint density at radius 3 is 1.33 bits per heavy atom. The Hall–Kier alpha value is -7.86. The minimum Gasteiger partial charge on any atom is -0.309 e. The summed E-state index contributed by atoms with van der Waals surface area (Å²) in [6.45, 7) is 0. The zero-order chi connectivity index (χ0) is 36.6. The molecule has 0 bridgehead atoms. The molecule has 0 radical (unpaired) electrons. The maximum Gasteiger partial charge on any atom is 0.0992 e. The molecule has 0 aliphatic carbocycles. The zero-order valence-electron chi connectivity index (χ0n) is 29.5. The smallest absolute Gasteiger partial charge is 0.0992 e. The molecule has 0 unspecified atom stereocenters. The lowest BCUT2D eigenvalue weighted by Gasteiger charge is -2.14. The van der Waals surface area contributed by atoms with Crippen molar-refractivity contribution >= 4 is 65.4 Å². The van der Waals surface area contributed by atoms with Gasteiger partial charge >= 0.3 is 0 Å². The molecule has 0 N–H and O–H groups in total. The van der Waals surface area contributed by atoms with Gasteiger partial charge in [0, 0.05) is 49.4 Å². The van der Waals surface area contributed by atoms with Crippen LogP contribution in [0.4, 0.5) is 0 Å². The standard InChI is InChI=1S/C50H29N5/c51-30-32-20-22-49-43(26-32)41-14-3-8-19-48(41)55(49)38-25-33(31-52)24-35(28-38)34-10-9-11-36(27-34)53-47-18-7-4-15-42(47)44-29-37(21-23-50(44)53)54-45-16-5-1-12-39(45)40-13-2-6-17-46(40)54/h1-29H. The van der Waals surface area contributed by atoms with E-state index in [1.165, 1.54) is 32.6 Å².